The van der Waals surface area contributed by atoms with Gasteiger partial charge in [-0.25, -0.2) is 0 Å². The number of fused-ring (bicyclic) bond motifs is 1. The highest BCUT2D eigenvalue weighted by Crippen LogP contribution is 2.22. The highest BCUT2D eigenvalue weighted by atomic mass is 16.5. The lowest BCUT2D eigenvalue weighted by atomic mass is 10.0. The average Bonchev–Trinajstić information content (AvgIpc) is 2.54. The van der Waals surface area contributed by atoms with Gasteiger partial charge in [0.1, 0.15) is 0 Å². The normalized spacial score (nSPS) is 12.7. The van der Waals surface area contributed by atoms with Crippen LogP contribution in [-0.2, 0) is 4.74 Å². The molecule has 21 heavy (non-hydrogen) atoms. The minimum atomic E-state index is 0.386. The van der Waals surface area contributed by atoms with Crippen LogP contribution in [0.25, 0.3) is 10.9 Å². The van der Waals surface area contributed by atoms with Gasteiger partial charge in [-0.2, -0.15) is 0 Å². The van der Waals surface area contributed by atoms with Gasteiger partial charge in [0.2, 0.25) is 0 Å². The minimum absolute atomic E-state index is 0.386. The van der Waals surface area contributed by atoms with Crippen LogP contribution in [0.15, 0.2) is 36.5 Å². The molecule has 0 saturated carbocycles. The van der Waals surface area contributed by atoms with Crippen molar-refractivity contribution in [3.05, 3.63) is 42.1 Å². The quantitative estimate of drug-likeness (QED) is 0.705. The summed E-state index contributed by atoms with van der Waals surface area (Å²) in [6.45, 7) is 6.92. The van der Waals surface area contributed by atoms with Crippen LogP contribution < -0.4 is 5.32 Å². The Kier molecular flexibility index (Phi) is 6.64. The molecule has 0 aliphatic carbocycles. The molecule has 1 heterocycles. The number of ether oxygens (including phenoxy) is 1. The lowest BCUT2D eigenvalue weighted by Crippen LogP contribution is -2.22. The zero-order valence-corrected chi connectivity index (χ0v) is 13.1. The molecule has 0 spiro atoms. The van der Waals surface area contributed by atoms with Gasteiger partial charge in [-0.05, 0) is 50.4 Å². The smallest absolute Gasteiger partial charge is 0.0705 e. The molecule has 1 N–H and O–H groups in total. The second-order valence-electron chi connectivity index (χ2n) is 5.30. The molecule has 1 unspecified atom stereocenters. The Hall–Kier alpha value is -1.45. The monoisotopic (exact) mass is 286 g/mol. The fourth-order valence-corrected chi connectivity index (χ4v) is 2.54. The second-order valence-corrected chi connectivity index (χ2v) is 5.30. The number of rotatable bonds is 9. The highest BCUT2D eigenvalue weighted by molar-refractivity contribution is 5.78. The maximum Gasteiger partial charge on any atom is 0.0705 e. The SMILES string of the molecule is CCCNC(CCCOCC)c1ccc2cccnc2c1. The van der Waals surface area contributed by atoms with Gasteiger partial charge in [0.05, 0.1) is 5.52 Å². The Balaban J connectivity index is 2.08. The van der Waals surface area contributed by atoms with Crippen molar-refractivity contribution in [3.63, 3.8) is 0 Å². The largest absolute Gasteiger partial charge is 0.382 e. The molecule has 0 saturated heterocycles. The third-order valence-corrected chi connectivity index (χ3v) is 3.66. The van der Waals surface area contributed by atoms with Crippen LogP contribution in [0.2, 0.25) is 0 Å². The Morgan fingerprint density at radius 2 is 2.14 bits per heavy atom. The molecular formula is C18H26N2O. The van der Waals surface area contributed by atoms with E-state index in [9.17, 15) is 0 Å². The molecular weight excluding hydrogens is 260 g/mol. The van der Waals surface area contributed by atoms with Gasteiger partial charge in [0.15, 0.2) is 0 Å². The first-order valence-corrected chi connectivity index (χ1v) is 8.01. The number of hydrogen-bond acceptors (Lipinski definition) is 3. The van der Waals surface area contributed by atoms with Gasteiger partial charge in [-0.3, -0.25) is 4.98 Å². The van der Waals surface area contributed by atoms with Crippen molar-refractivity contribution in [1.82, 2.24) is 10.3 Å². The standard InChI is InChI=1S/C18H26N2O/c1-3-11-19-17(8-6-13-21-4-2)16-10-9-15-7-5-12-20-18(15)14-16/h5,7,9-10,12,14,17,19H,3-4,6,8,11,13H2,1-2H3. The predicted octanol–water partition coefficient (Wildman–Crippen LogP) is 4.09. The van der Waals surface area contributed by atoms with E-state index in [1.807, 2.05) is 19.2 Å². The number of aromatic nitrogens is 1. The van der Waals surface area contributed by atoms with Crippen molar-refractivity contribution in [2.75, 3.05) is 19.8 Å². The molecule has 0 fully saturated rings. The molecule has 0 bridgehead atoms. The minimum Gasteiger partial charge on any atom is -0.382 e. The Bertz CT molecular complexity index is 541. The van der Waals surface area contributed by atoms with Crippen LogP contribution in [0, 0.1) is 0 Å². The van der Waals surface area contributed by atoms with Gasteiger partial charge < -0.3 is 10.1 Å². The molecule has 2 aromatic rings. The number of nitrogens with zero attached hydrogens (tertiary/aromatic N) is 1. The van der Waals surface area contributed by atoms with Crippen molar-refractivity contribution in [3.8, 4) is 0 Å². The lowest BCUT2D eigenvalue weighted by molar-refractivity contribution is 0.141. The second kappa shape index (κ2) is 8.75. The zero-order valence-electron chi connectivity index (χ0n) is 13.1. The molecule has 3 nitrogen and oxygen atoms in total. The van der Waals surface area contributed by atoms with Gasteiger partial charge >= 0.3 is 0 Å². The molecule has 0 amide bonds. The topological polar surface area (TPSA) is 34.1 Å². The summed E-state index contributed by atoms with van der Waals surface area (Å²) in [5.41, 5.74) is 2.40. The van der Waals surface area contributed by atoms with Crippen LogP contribution in [-0.4, -0.2) is 24.7 Å². The summed E-state index contributed by atoms with van der Waals surface area (Å²) >= 11 is 0. The van der Waals surface area contributed by atoms with E-state index in [0.29, 0.717) is 6.04 Å². The molecule has 0 aliphatic rings. The Morgan fingerprint density at radius 1 is 1.24 bits per heavy atom. The van der Waals surface area contributed by atoms with E-state index in [4.69, 9.17) is 4.74 Å². The summed E-state index contributed by atoms with van der Waals surface area (Å²) in [5.74, 6) is 0. The van der Waals surface area contributed by atoms with Crippen molar-refractivity contribution >= 4 is 10.9 Å². The summed E-state index contributed by atoms with van der Waals surface area (Å²) < 4.78 is 5.45. The number of hydrogen-bond donors (Lipinski definition) is 1. The Morgan fingerprint density at radius 3 is 2.95 bits per heavy atom. The number of benzene rings is 1. The molecule has 0 aliphatic heterocycles. The molecule has 1 aromatic carbocycles. The summed E-state index contributed by atoms with van der Waals surface area (Å²) in [4.78, 5) is 4.46. The molecule has 2 rings (SSSR count). The van der Waals surface area contributed by atoms with Crippen molar-refractivity contribution in [1.29, 1.82) is 0 Å². The van der Waals surface area contributed by atoms with Crippen molar-refractivity contribution in [2.24, 2.45) is 0 Å². The molecule has 1 atom stereocenters. The van der Waals surface area contributed by atoms with Crippen LogP contribution in [0.4, 0.5) is 0 Å². The maximum atomic E-state index is 5.45. The van der Waals surface area contributed by atoms with Crippen LogP contribution in [0.5, 0.6) is 0 Å². The van der Waals surface area contributed by atoms with E-state index in [1.165, 1.54) is 10.9 Å². The summed E-state index contributed by atoms with van der Waals surface area (Å²) in [5, 5.41) is 4.84. The van der Waals surface area contributed by atoms with Crippen LogP contribution >= 0.6 is 0 Å². The van der Waals surface area contributed by atoms with Gasteiger partial charge in [-0.15, -0.1) is 0 Å². The molecule has 1 aromatic heterocycles. The van der Waals surface area contributed by atoms with E-state index in [2.05, 4.69) is 41.5 Å². The maximum absolute atomic E-state index is 5.45. The lowest BCUT2D eigenvalue weighted by Gasteiger charge is -2.19. The number of pyridine rings is 1. The van der Waals surface area contributed by atoms with Crippen molar-refractivity contribution in [2.45, 2.75) is 39.2 Å². The number of nitrogens with one attached hydrogen (secondary N) is 1. The van der Waals surface area contributed by atoms with E-state index in [1.54, 1.807) is 0 Å². The third kappa shape index (κ3) is 4.80. The summed E-state index contributed by atoms with van der Waals surface area (Å²) in [6.07, 6.45) is 5.18. The first-order valence-electron chi connectivity index (χ1n) is 8.01. The van der Waals surface area contributed by atoms with Gasteiger partial charge in [0, 0.05) is 30.8 Å². The van der Waals surface area contributed by atoms with E-state index < -0.39 is 0 Å². The van der Waals surface area contributed by atoms with Crippen LogP contribution in [0.1, 0.15) is 44.7 Å². The van der Waals surface area contributed by atoms with E-state index >= 15 is 0 Å². The third-order valence-electron chi connectivity index (χ3n) is 3.66. The van der Waals surface area contributed by atoms with Gasteiger partial charge in [0.25, 0.3) is 0 Å². The molecule has 0 radical (unpaired) electrons. The highest BCUT2D eigenvalue weighted by Gasteiger charge is 2.11. The average molecular weight is 286 g/mol. The summed E-state index contributed by atoms with van der Waals surface area (Å²) in [6, 6.07) is 11.1. The summed E-state index contributed by atoms with van der Waals surface area (Å²) in [7, 11) is 0. The fourth-order valence-electron chi connectivity index (χ4n) is 2.54. The predicted molar refractivity (Wildman–Crippen MR) is 88.5 cm³/mol. The van der Waals surface area contributed by atoms with Crippen molar-refractivity contribution < 1.29 is 4.74 Å². The van der Waals surface area contributed by atoms with Gasteiger partial charge in [-0.1, -0.05) is 25.1 Å². The molecule has 3 heteroatoms. The zero-order chi connectivity index (χ0) is 14.9. The first kappa shape index (κ1) is 15.9. The van der Waals surface area contributed by atoms with E-state index in [0.717, 1.165) is 44.5 Å². The fraction of sp³-hybridized carbons (Fsp3) is 0.500. The first-order chi connectivity index (χ1) is 10.3. The van der Waals surface area contributed by atoms with Crippen LogP contribution in [0.3, 0.4) is 0 Å². The van der Waals surface area contributed by atoms with E-state index in [-0.39, 0.29) is 0 Å². The Labute approximate surface area is 127 Å². The molecule has 114 valence electrons.